The third-order valence-corrected chi connectivity index (χ3v) is 3.88. The molecule has 0 heterocycles. The number of hydrogen-bond acceptors (Lipinski definition) is 1. The van der Waals surface area contributed by atoms with E-state index in [0.717, 1.165) is 5.02 Å². The highest BCUT2D eigenvalue weighted by atomic mass is 35.5. The summed E-state index contributed by atoms with van der Waals surface area (Å²) < 4.78 is 0. The second-order valence-electron chi connectivity index (χ2n) is 5.57. The summed E-state index contributed by atoms with van der Waals surface area (Å²) in [5.74, 6) is 0.534. The monoisotopic (exact) mass is 287 g/mol. The molecule has 0 spiro atoms. The summed E-state index contributed by atoms with van der Waals surface area (Å²) in [4.78, 5) is 0. The highest BCUT2D eigenvalue weighted by molar-refractivity contribution is 6.30. The molecule has 0 aromatic heterocycles. The molecular formula is C18H22ClN. The number of hydrogen-bond donors (Lipinski definition) is 1. The molecule has 2 aromatic carbocycles. The largest absolute Gasteiger partial charge is 0.303 e. The van der Waals surface area contributed by atoms with E-state index in [-0.39, 0.29) is 0 Å². The summed E-state index contributed by atoms with van der Waals surface area (Å²) in [5, 5.41) is 4.51. The molecule has 0 radical (unpaired) electrons. The van der Waals surface area contributed by atoms with E-state index in [0.29, 0.717) is 18.0 Å². The molecule has 2 heteroatoms. The predicted octanol–water partition coefficient (Wildman–Crippen LogP) is 5.39. The fourth-order valence-corrected chi connectivity index (χ4v) is 2.58. The van der Waals surface area contributed by atoms with Crippen molar-refractivity contribution in [1.29, 1.82) is 0 Å². The van der Waals surface area contributed by atoms with Crippen LogP contribution in [0.25, 0.3) is 0 Å². The minimum atomic E-state index is 0.292. The Labute approximate surface area is 127 Å². The van der Waals surface area contributed by atoms with Gasteiger partial charge >= 0.3 is 0 Å². The topological polar surface area (TPSA) is 12.0 Å². The molecule has 0 aliphatic heterocycles. The minimum absolute atomic E-state index is 0.292. The summed E-state index contributed by atoms with van der Waals surface area (Å²) >= 11 is 5.95. The van der Waals surface area contributed by atoms with Crippen LogP contribution in [0.4, 0.5) is 0 Å². The maximum absolute atomic E-state index is 5.95. The lowest BCUT2D eigenvalue weighted by Gasteiger charge is -2.27. The molecule has 0 amide bonds. The number of halogens is 1. The van der Waals surface area contributed by atoms with Gasteiger partial charge in [-0.05, 0) is 36.1 Å². The Morgan fingerprint density at radius 3 is 1.95 bits per heavy atom. The second kappa shape index (κ2) is 6.92. The van der Waals surface area contributed by atoms with Crippen molar-refractivity contribution in [3.63, 3.8) is 0 Å². The molecule has 2 rings (SSSR count). The average molecular weight is 288 g/mol. The maximum Gasteiger partial charge on any atom is 0.0406 e. The van der Waals surface area contributed by atoms with E-state index in [4.69, 9.17) is 11.6 Å². The summed E-state index contributed by atoms with van der Waals surface area (Å²) in [6, 6.07) is 19.3. The first kappa shape index (κ1) is 15.1. The van der Waals surface area contributed by atoms with Crippen LogP contribution in [0.15, 0.2) is 54.6 Å². The van der Waals surface area contributed by atoms with Crippen LogP contribution in [-0.2, 0) is 0 Å². The van der Waals surface area contributed by atoms with Crippen LogP contribution < -0.4 is 5.32 Å². The number of rotatable bonds is 5. The summed E-state index contributed by atoms with van der Waals surface area (Å²) in [6.07, 6.45) is 0. The average Bonchev–Trinajstić information content (AvgIpc) is 2.46. The predicted molar refractivity (Wildman–Crippen MR) is 87.0 cm³/mol. The van der Waals surface area contributed by atoms with Gasteiger partial charge in [-0.2, -0.15) is 0 Å². The zero-order valence-corrected chi connectivity index (χ0v) is 13.1. The standard InChI is InChI=1S/C18H22ClN/c1-13(2)18(16-7-5-4-6-8-16)20-14(3)15-9-11-17(19)12-10-15/h4-14,18,20H,1-3H3. The Morgan fingerprint density at radius 1 is 0.800 bits per heavy atom. The zero-order chi connectivity index (χ0) is 14.5. The van der Waals surface area contributed by atoms with E-state index in [2.05, 4.69) is 68.6 Å². The van der Waals surface area contributed by atoms with Gasteiger partial charge in [0.15, 0.2) is 0 Å². The normalized spacial score (nSPS) is 14.2. The van der Waals surface area contributed by atoms with Gasteiger partial charge in [-0.3, -0.25) is 0 Å². The lowest BCUT2D eigenvalue weighted by molar-refractivity contribution is 0.374. The van der Waals surface area contributed by atoms with E-state index < -0.39 is 0 Å². The van der Waals surface area contributed by atoms with Crippen molar-refractivity contribution in [1.82, 2.24) is 5.32 Å². The van der Waals surface area contributed by atoms with E-state index in [1.807, 2.05) is 12.1 Å². The molecule has 0 fully saturated rings. The zero-order valence-electron chi connectivity index (χ0n) is 12.3. The Hall–Kier alpha value is -1.31. The van der Waals surface area contributed by atoms with Crippen LogP contribution in [0, 0.1) is 5.92 Å². The van der Waals surface area contributed by atoms with Gasteiger partial charge in [-0.25, -0.2) is 0 Å². The first-order chi connectivity index (χ1) is 9.58. The van der Waals surface area contributed by atoms with Crippen molar-refractivity contribution in [2.45, 2.75) is 32.9 Å². The molecule has 0 saturated heterocycles. The molecule has 2 atom stereocenters. The van der Waals surface area contributed by atoms with Gasteiger partial charge in [-0.15, -0.1) is 0 Å². The highest BCUT2D eigenvalue weighted by Gasteiger charge is 2.18. The van der Waals surface area contributed by atoms with E-state index in [1.54, 1.807) is 0 Å². The molecular weight excluding hydrogens is 266 g/mol. The Bertz CT molecular complexity index is 519. The molecule has 0 bridgehead atoms. The fourth-order valence-electron chi connectivity index (χ4n) is 2.45. The quantitative estimate of drug-likeness (QED) is 0.777. The van der Waals surface area contributed by atoms with E-state index in [9.17, 15) is 0 Å². The number of benzene rings is 2. The Morgan fingerprint density at radius 2 is 1.40 bits per heavy atom. The first-order valence-corrected chi connectivity index (χ1v) is 7.52. The van der Waals surface area contributed by atoms with E-state index >= 15 is 0 Å². The van der Waals surface area contributed by atoms with Crippen LogP contribution in [0.5, 0.6) is 0 Å². The smallest absolute Gasteiger partial charge is 0.0406 e. The summed E-state index contributed by atoms with van der Waals surface area (Å²) in [5.41, 5.74) is 2.60. The van der Waals surface area contributed by atoms with Gasteiger partial charge in [0.25, 0.3) is 0 Å². The summed E-state index contributed by atoms with van der Waals surface area (Å²) in [6.45, 7) is 6.69. The molecule has 1 nitrogen and oxygen atoms in total. The lowest BCUT2D eigenvalue weighted by Crippen LogP contribution is -2.28. The van der Waals surface area contributed by atoms with Gasteiger partial charge in [0.1, 0.15) is 0 Å². The fraction of sp³-hybridized carbons (Fsp3) is 0.333. The molecule has 2 aromatic rings. The maximum atomic E-state index is 5.95. The van der Waals surface area contributed by atoms with Gasteiger partial charge in [-0.1, -0.05) is 67.9 Å². The van der Waals surface area contributed by atoms with Crippen LogP contribution in [0.2, 0.25) is 5.02 Å². The van der Waals surface area contributed by atoms with Crippen molar-refractivity contribution in [3.8, 4) is 0 Å². The van der Waals surface area contributed by atoms with Crippen molar-refractivity contribution in [2.24, 2.45) is 5.92 Å². The van der Waals surface area contributed by atoms with Crippen LogP contribution >= 0.6 is 11.6 Å². The van der Waals surface area contributed by atoms with Crippen molar-refractivity contribution >= 4 is 11.6 Å². The first-order valence-electron chi connectivity index (χ1n) is 7.14. The summed E-state index contributed by atoms with van der Waals surface area (Å²) in [7, 11) is 0. The molecule has 20 heavy (non-hydrogen) atoms. The second-order valence-corrected chi connectivity index (χ2v) is 6.01. The molecule has 0 saturated carbocycles. The van der Waals surface area contributed by atoms with Gasteiger partial charge in [0.05, 0.1) is 0 Å². The molecule has 1 N–H and O–H groups in total. The molecule has 2 unspecified atom stereocenters. The van der Waals surface area contributed by atoms with Gasteiger partial charge < -0.3 is 5.32 Å². The SMILES string of the molecule is CC(NC(c1ccccc1)C(C)C)c1ccc(Cl)cc1. The molecule has 0 aliphatic rings. The van der Waals surface area contributed by atoms with Gasteiger partial charge in [0.2, 0.25) is 0 Å². The highest BCUT2D eigenvalue weighted by Crippen LogP contribution is 2.26. The Kier molecular flexibility index (Phi) is 5.22. The van der Waals surface area contributed by atoms with Crippen molar-refractivity contribution in [3.05, 3.63) is 70.7 Å². The molecule has 106 valence electrons. The van der Waals surface area contributed by atoms with Crippen molar-refractivity contribution in [2.75, 3.05) is 0 Å². The van der Waals surface area contributed by atoms with E-state index in [1.165, 1.54) is 11.1 Å². The van der Waals surface area contributed by atoms with Crippen LogP contribution in [-0.4, -0.2) is 0 Å². The Balaban J connectivity index is 2.14. The lowest BCUT2D eigenvalue weighted by atomic mass is 9.94. The van der Waals surface area contributed by atoms with Gasteiger partial charge in [0, 0.05) is 17.1 Å². The third kappa shape index (κ3) is 3.84. The number of nitrogens with one attached hydrogen (secondary N) is 1. The van der Waals surface area contributed by atoms with Crippen LogP contribution in [0.1, 0.15) is 44.0 Å². The van der Waals surface area contributed by atoms with Crippen molar-refractivity contribution < 1.29 is 0 Å². The molecule has 0 aliphatic carbocycles. The minimum Gasteiger partial charge on any atom is -0.303 e. The van der Waals surface area contributed by atoms with Crippen LogP contribution in [0.3, 0.4) is 0 Å². The third-order valence-electron chi connectivity index (χ3n) is 3.62.